The summed E-state index contributed by atoms with van der Waals surface area (Å²) in [6.07, 6.45) is 1.97. The van der Waals surface area contributed by atoms with Crippen LogP contribution in [0.1, 0.15) is 38.8 Å². The number of phenols is 1. The minimum absolute atomic E-state index is 0.0780. The topological polar surface area (TPSA) is 40.5 Å². The van der Waals surface area contributed by atoms with Gasteiger partial charge in [0.05, 0.1) is 6.61 Å². The molecule has 0 aliphatic rings. The van der Waals surface area contributed by atoms with Gasteiger partial charge in [-0.3, -0.25) is 0 Å². The van der Waals surface area contributed by atoms with E-state index in [1.807, 2.05) is 31.2 Å². The van der Waals surface area contributed by atoms with Gasteiger partial charge >= 0.3 is 0 Å². The smallest absolute Gasteiger partial charge is 0.119 e. The zero-order valence-corrected chi connectivity index (χ0v) is 13.7. The van der Waals surface area contributed by atoms with E-state index in [2.05, 4.69) is 39.0 Å². The Bertz CT molecular complexity index is 674. The highest BCUT2D eigenvalue weighted by Gasteiger charge is 2.18. The highest BCUT2D eigenvalue weighted by atomic mass is 16.3. The van der Waals surface area contributed by atoms with E-state index in [0.29, 0.717) is 5.75 Å². The van der Waals surface area contributed by atoms with Crippen LogP contribution in [0.25, 0.3) is 17.2 Å². The molecule has 0 radical (unpaired) electrons. The van der Waals surface area contributed by atoms with Gasteiger partial charge in [-0.25, -0.2) is 0 Å². The molecule has 0 atom stereocenters. The quantitative estimate of drug-likeness (QED) is 0.858. The van der Waals surface area contributed by atoms with Gasteiger partial charge in [0, 0.05) is 0 Å². The third-order valence-electron chi connectivity index (χ3n) is 3.71. The second kappa shape index (κ2) is 6.37. The molecule has 0 saturated carbocycles. The first kappa shape index (κ1) is 16.3. The van der Waals surface area contributed by atoms with Gasteiger partial charge in [0.25, 0.3) is 0 Å². The van der Waals surface area contributed by atoms with Crippen LogP contribution in [0.4, 0.5) is 0 Å². The Morgan fingerprint density at radius 3 is 2.14 bits per heavy atom. The number of phenolic OH excluding ortho intramolecular Hbond substituents is 1. The minimum Gasteiger partial charge on any atom is -0.508 e. The summed E-state index contributed by atoms with van der Waals surface area (Å²) in [7, 11) is 0. The number of aliphatic hydroxyl groups is 1. The second-order valence-electron chi connectivity index (χ2n) is 6.75. The fourth-order valence-electron chi connectivity index (χ4n) is 2.42. The Kier molecular flexibility index (Phi) is 4.72. The Hall–Kier alpha value is -2.06. The van der Waals surface area contributed by atoms with Crippen LogP contribution in [0.5, 0.6) is 5.75 Å². The predicted octanol–water partition coefficient (Wildman–Crippen LogP) is 4.75. The van der Waals surface area contributed by atoms with Crippen LogP contribution in [0.3, 0.4) is 0 Å². The van der Waals surface area contributed by atoms with Crippen LogP contribution < -0.4 is 0 Å². The fourth-order valence-corrected chi connectivity index (χ4v) is 2.42. The summed E-state index contributed by atoms with van der Waals surface area (Å²) in [5, 5.41) is 19.1. The fraction of sp³-hybridized carbons (Fsp3) is 0.300. The maximum Gasteiger partial charge on any atom is 0.119 e. The molecule has 0 aliphatic heterocycles. The van der Waals surface area contributed by atoms with Crippen LogP contribution >= 0.6 is 0 Å². The van der Waals surface area contributed by atoms with Gasteiger partial charge in [0.15, 0.2) is 0 Å². The Morgan fingerprint density at radius 2 is 1.59 bits per heavy atom. The average Bonchev–Trinajstić information content (AvgIpc) is 2.47. The lowest BCUT2D eigenvalue weighted by Crippen LogP contribution is -2.11. The van der Waals surface area contributed by atoms with E-state index in [1.54, 1.807) is 6.07 Å². The summed E-state index contributed by atoms with van der Waals surface area (Å²) in [6, 6.07) is 14.0. The third-order valence-corrected chi connectivity index (χ3v) is 3.71. The lowest BCUT2D eigenvalue weighted by molar-refractivity contribution is 0.332. The highest BCUT2D eigenvalue weighted by molar-refractivity contribution is 5.68. The van der Waals surface area contributed by atoms with Crippen molar-refractivity contribution in [2.24, 2.45) is 0 Å². The standard InChI is InChI=1S/C20H24O2/c1-14(13-21)11-15-5-7-16(8-6-15)17-9-10-19(22)18(12-17)20(2,3)4/h5-12,21-22H,13H2,1-4H3/b14-11+. The van der Waals surface area contributed by atoms with E-state index >= 15 is 0 Å². The molecule has 2 heteroatoms. The number of rotatable bonds is 3. The molecule has 0 fully saturated rings. The van der Waals surface area contributed by atoms with Crippen molar-refractivity contribution in [1.29, 1.82) is 0 Å². The summed E-state index contributed by atoms with van der Waals surface area (Å²) in [5.41, 5.74) is 5.07. The molecule has 0 spiro atoms. The second-order valence-corrected chi connectivity index (χ2v) is 6.75. The summed E-state index contributed by atoms with van der Waals surface area (Å²) >= 11 is 0. The van der Waals surface area contributed by atoms with Crippen molar-refractivity contribution in [2.45, 2.75) is 33.1 Å². The molecule has 0 unspecified atom stereocenters. The monoisotopic (exact) mass is 296 g/mol. The van der Waals surface area contributed by atoms with Gasteiger partial charge in [0.2, 0.25) is 0 Å². The SMILES string of the molecule is C/C(=C\c1ccc(-c2ccc(O)c(C(C)(C)C)c2)cc1)CO. The zero-order valence-electron chi connectivity index (χ0n) is 13.7. The molecular formula is C20H24O2. The largest absolute Gasteiger partial charge is 0.508 e. The van der Waals surface area contributed by atoms with E-state index in [9.17, 15) is 5.11 Å². The minimum atomic E-state index is -0.0962. The van der Waals surface area contributed by atoms with Gasteiger partial charge in [0.1, 0.15) is 5.75 Å². The van der Waals surface area contributed by atoms with Crippen molar-refractivity contribution >= 4 is 6.08 Å². The van der Waals surface area contributed by atoms with Crippen LogP contribution in [0.15, 0.2) is 48.0 Å². The predicted molar refractivity (Wildman–Crippen MR) is 93.0 cm³/mol. The molecular weight excluding hydrogens is 272 g/mol. The van der Waals surface area contributed by atoms with E-state index < -0.39 is 0 Å². The van der Waals surface area contributed by atoms with Crippen LogP contribution in [0.2, 0.25) is 0 Å². The normalized spacial score (nSPS) is 12.5. The average molecular weight is 296 g/mol. The van der Waals surface area contributed by atoms with Gasteiger partial charge in [-0.1, -0.05) is 57.2 Å². The number of hydrogen-bond donors (Lipinski definition) is 2. The summed E-state index contributed by atoms with van der Waals surface area (Å²) in [6.45, 7) is 8.27. The molecule has 0 aliphatic carbocycles. The van der Waals surface area contributed by atoms with Crippen molar-refractivity contribution in [3.05, 3.63) is 59.2 Å². The Balaban J connectivity index is 2.37. The molecule has 2 aromatic rings. The molecule has 0 amide bonds. The zero-order chi connectivity index (χ0) is 16.3. The van der Waals surface area contributed by atoms with Crippen molar-refractivity contribution < 1.29 is 10.2 Å². The molecule has 0 heterocycles. The number of aliphatic hydroxyl groups excluding tert-OH is 1. The highest BCUT2D eigenvalue weighted by Crippen LogP contribution is 2.34. The van der Waals surface area contributed by atoms with Gasteiger partial charge in [-0.15, -0.1) is 0 Å². The molecule has 116 valence electrons. The molecule has 2 aromatic carbocycles. The van der Waals surface area contributed by atoms with Crippen LogP contribution in [-0.4, -0.2) is 16.8 Å². The number of benzene rings is 2. The van der Waals surface area contributed by atoms with E-state index in [4.69, 9.17) is 5.11 Å². The van der Waals surface area contributed by atoms with E-state index in [-0.39, 0.29) is 12.0 Å². The van der Waals surface area contributed by atoms with Crippen LogP contribution in [0, 0.1) is 0 Å². The van der Waals surface area contributed by atoms with E-state index in [1.165, 1.54) is 0 Å². The molecule has 22 heavy (non-hydrogen) atoms. The summed E-state index contributed by atoms with van der Waals surface area (Å²) in [4.78, 5) is 0. The van der Waals surface area contributed by atoms with Gasteiger partial charge < -0.3 is 10.2 Å². The summed E-state index contributed by atoms with van der Waals surface area (Å²) in [5.74, 6) is 0.342. The third kappa shape index (κ3) is 3.77. The van der Waals surface area contributed by atoms with Crippen LogP contribution in [-0.2, 0) is 5.41 Å². The first-order valence-corrected chi connectivity index (χ1v) is 7.53. The molecule has 0 aromatic heterocycles. The van der Waals surface area contributed by atoms with Crippen molar-refractivity contribution in [1.82, 2.24) is 0 Å². The van der Waals surface area contributed by atoms with Gasteiger partial charge in [-0.2, -0.15) is 0 Å². The number of aromatic hydroxyl groups is 1. The maximum absolute atomic E-state index is 10.1. The molecule has 2 N–H and O–H groups in total. The first-order valence-electron chi connectivity index (χ1n) is 7.53. The Morgan fingerprint density at radius 1 is 1.00 bits per heavy atom. The van der Waals surface area contributed by atoms with Gasteiger partial charge in [-0.05, 0) is 52.3 Å². The van der Waals surface area contributed by atoms with Crippen molar-refractivity contribution in [2.75, 3.05) is 6.61 Å². The molecule has 2 rings (SSSR count). The number of hydrogen-bond acceptors (Lipinski definition) is 2. The lowest BCUT2D eigenvalue weighted by atomic mass is 9.84. The molecule has 2 nitrogen and oxygen atoms in total. The van der Waals surface area contributed by atoms with Crippen molar-refractivity contribution in [3.8, 4) is 16.9 Å². The lowest BCUT2D eigenvalue weighted by Gasteiger charge is -2.21. The molecule has 0 saturated heterocycles. The summed E-state index contributed by atoms with van der Waals surface area (Å²) < 4.78 is 0. The first-order chi connectivity index (χ1) is 10.3. The maximum atomic E-state index is 10.1. The molecule has 0 bridgehead atoms. The van der Waals surface area contributed by atoms with Crippen molar-refractivity contribution in [3.63, 3.8) is 0 Å². The van der Waals surface area contributed by atoms with E-state index in [0.717, 1.165) is 27.8 Å². The Labute approximate surface area is 132 Å².